The van der Waals surface area contributed by atoms with E-state index in [9.17, 15) is 18.0 Å². The largest absolute Gasteiger partial charge is 0.446 e. The Labute approximate surface area is 206 Å². The number of hydrogen-bond donors (Lipinski definition) is 0. The molecule has 9 heteroatoms. The van der Waals surface area contributed by atoms with E-state index in [1.54, 1.807) is 47.9 Å². The lowest BCUT2D eigenvalue weighted by Crippen LogP contribution is -2.52. The molecule has 0 aromatic heterocycles. The number of amides is 2. The number of benzene rings is 2. The number of carbonyl (C=O) groups is 2. The van der Waals surface area contributed by atoms with Gasteiger partial charge in [-0.25, -0.2) is 13.2 Å². The average molecular weight is 501 g/mol. The standard InChI is InChI=1S/C26H32N2O6S/c1-17(2)35(31,32)23-8-5-20(6-9-23)21-7-10-24-25(15-21)27(16-18(3)28(24)19(4)29)26(30)34-22-11-13-33-14-12-22/h5-10,15,17-18,22H,11-14,16H2,1-4H3/t18-/m0/s1. The van der Waals surface area contributed by atoms with Crippen molar-refractivity contribution < 1.29 is 27.5 Å². The smallest absolute Gasteiger partial charge is 0.414 e. The summed E-state index contributed by atoms with van der Waals surface area (Å²) in [6, 6.07) is 12.1. The van der Waals surface area contributed by atoms with Crippen molar-refractivity contribution in [1.29, 1.82) is 0 Å². The van der Waals surface area contributed by atoms with Crippen molar-refractivity contribution in [2.24, 2.45) is 0 Å². The van der Waals surface area contributed by atoms with E-state index in [0.717, 1.165) is 11.1 Å². The topological polar surface area (TPSA) is 93.2 Å². The molecule has 1 fully saturated rings. The van der Waals surface area contributed by atoms with Crippen LogP contribution >= 0.6 is 0 Å². The van der Waals surface area contributed by atoms with Crippen LogP contribution in [0.3, 0.4) is 0 Å². The highest BCUT2D eigenvalue weighted by Gasteiger charge is 2.35. The number of ether oxygens (including phenoxy) is 2. The van der Waals surface area contributed by atoms with Crippen molar-refractivity contribution in [2.45, 2.75) is 62.8 Å². The molecule has 1 atom stereocenters. The summed E-state index contributed by atoms with van der Waals surface area (Å²) in [5.74, 6) is -0.104. The molecule has 0 bridgehead atoms. The van der Waals surface area contributed by atoms with Gasteiger partial charge in [-0.3, -0.25) is 9.69 Å². The van der Waals surface area contributed by atoms with E-state index in [0.29, 0.717) is 44.0 Å². The lowest BCUT2D eigenvalue weighted by atomic mass is 10.0. The second-order valence-corrected chi connectivity index (χ2v) is 11.9. The van der Waals surface area contributed by atoms with Crippen LogP contribution in [0, 0.1) is 0 Å². The van der Waals surface area contributed by atoms with Crippen molar-refractivity contribution in [2.75, 3.05) is 29.6 Å². The van der Waals surface area contributed by atoms with Crippen LogP contribution in [0.5, 0.6) is 0 Å². The molecule has 0 unspecified atom stereocenters. The van der Waals surface area contributed by atoms with Crippen molar-refractivity contribution >= 4 is 33.2 Å². The van der Waals surface area contributed by atoms with Gasteiger partial charge >= 0.3 is 6.09 Å². The molecular formula is C26H32N2O6S. The van der Waals surface area contributed by atoms with Crippen molar-refractivity contribution in [1.82, 2.24) is 0 Å². The number of sulfone groups is 1. The summed E-state index contributed by atoms with van der Waals surface area (Å²) in [7, 11) is -3.37. The van der Waals surface area contributed by atoms with Crippen LogP contribution < -0.4 is 9.80 Å². The first-order valence-corrected chi connectivity index (χ1v) is 13.5. The highest BCUT2D eigenvalue weighted by atomic mass is 32.2. The van der Waals surface area contributed by atoms with Crippen LogP contribution in [0.15, 0.2) is 47.4 Å². The van der Waals surface area contributed by atoms with Crippen LogP contribution in [0.25, 0.3) is 11.1 Å². The molecule has 188 valence electrons. The number of nitrogens with zero attached hydrogens (tertiary/aromatic N) is 2. The maximum atomic E-state index is 13.2. The van der Waals surface area contributed by atoms with Gasteiger partial charge in [0.1, 0.15) is 6.10 Å². The Balaban J connectivity index is 1.69. The van der Waals surface area contributed by atoms with Crippen LogP contribution in [-0.4, -0.2) is 57.6 Å². The van der Waals surface area contributed by atoms with E-state index >= 15 is 0 Å². The molecule has 2 aliphatic rings. The Kier molecular flexibility index (Phi) is 7.19. The van der Waals surface area contributed by atoms with Crippen LogP contribution in [0.4, 0.5) is 16.2 Å². The van der Waals surface area contributed by atoms with Gasteiger partial charge in [-0.1, -0.05) is 18.2 Å². The third-order valence-electron chi connectivity index (χ3n) is 6.55. The third kappa shape index (κ3) is 5.06. The summed E-state index contributed by atoms with van der Waals surface area (Å²) in [5, 5.41) is -0.507. The van der Waals surface area contributed by atoms with E-state index in [4.69, 9.17) is 9.47 Å². The Hall–Kier alpha value is -2.91. The molecule has 2 aliphatic heterocycles. The van der Waals surface area contributed by atoms with Gasteiger partial charge in [0.2, 0.25) is 5.91 Å². The molecule has 0 aliphatic carbocycles. The van der Waals surface area contributed by atoms with E-state index in [1.165, 1.54) is 6.92 Å². The zero-order chi connectivity index (χ0) is 25.3. The lowest BCUT2D eigenvalue weighted by molar-refractivity contribution is -0.117. The monoisotopic (exact) mass is 500 g/mol. The fraction of sp³-hybridized carbons (Fsp3) is 0.462. The molecule has 0 radical (unpaired) electrons. The quantitative estimate of drug-likeness (QED) is 0.617. The number of hydrogen-bond acceptors (Lipinski definition) is 6. The minimum absolute atomic E-state index is 0.104. The van der Waals surface area contributed by atoms with Crippen molar-refractivity contribution in [3.05, 3.63) is 42.5 Å². The van der Waals surface area contributed by atoms with Gasteiger partial charge in [0.25, 0.3) is 0 Å². The Morgan fingerprint density at radius 3 is 2.23 bits per heavy atom. The van der Waals surface area contributed by atoms with Crippen LogP contribution in [0.2, 0.25) is 0 Å². The summed E-state index contributed by atoms with van der Waals surface area (Å²) in [6.45, 7) is 8.17. The molecule has 8 nitrogen and oxygen atoms in total. The number of fused-ring (bicyclic) bond motifs is 1. The minimum atomic E-state index is -3.37. The van der Waals surface area contributed by atoms with E-state index < -0.39 is 21.2 Å². The molecule has 0 saturated carbocycles. The highest BCUT2D eigenvalue weighted by molar-refractivity contribution is 7.92. The van der Waals surface area contributed by atoms with Crippen LogP contribution in [0.1, 0.15) is 40.5 Å². The SMILES string of the molecule is CC(=O)N1c2ccc(-c3ccc(S(=O)(=O)C(C)C)cc3)cc2N(C(=O)OC2CCOCC2)C[C@@H]1C. The molecule has 2 aromatic carbocycles. The summed E-state index contributed by atoms with van der Waals surface area (Å²) in [4.78, 5) is 29.2. The normalized spacial score (nSPS) is 18.9. The first-order valence-electron chi connectivity index (χ1n) is 11.9. The average Bonchev–Trinajstić information content (AvgIpc) is 2.83. The van der Waals surface area contributed by atoms with Gasteiger partial charge in [-0.2, -0.15) is 0 Å². The predicted octanol–water partition coefficient (Wildman–Crippen LogP) is 4.41. The van der Waals surface area contributed by atoms with Gasteiger partial charge < -0.3 is 14.4 Å². The molecule has 0 N–H and O–H groups in total. The van der Waals surface area contributed by atoms with Crippen molar-refractivity contribution in [3.63, 3.8) is 0 Å². The Bertz CT molecular complexity index is 1200. The van der Waals surface area contributed by atoms with Gasteiger partial charge in [-0.05, 0) is 56.2 Å². The number of rotatable bonds is 4. The zero-order valence-corrected chi connectivity index (χ0v) is 21.4. The van der Waals surface area contributed by atoms with Gasteiger partial charge in [0, 0.05) is 26.3 Å². The van der Waals surface area contributed by atoms with E-state index in [1.807, 2.05) is 25.1 Å². The molecule has 35 heavy (non-hydrogen) atoms. The van der Waals surface area contributed by atoms with Crippen molar-refractivity contribution in [3.8, 4) is 11.1 Å². The fourth-order valence-corrected chi connectivity index (χ4v) is 5.63. The highest BCUT2D eigenvalue weighted by Crippen LogP contribution is 2.39. The second kappa shape index (κ2) is 9.99. The molecular weight excluding hydrogens is 468 g/mol. The third-order valence-corrected chi connectivity index (χ3v) is 8.72. The van der Waals surface area contributed by atoms with Gasteiger partial charge in [0.15, 0.2) is 9.84 Å². The number of carbonyl (C=O) groups excluding carboxylic acids is 2. The molecule has 0 spiro atoms. The fourth-order valence-electron chi connectivity index (χ4n) is 4.57. The first kappa shape index (κ1) is 25.2. The zero-order valence-electron chi connectivity index (χ0n) is 20.6. The molecule has 4 rings (SSSR count). The summed E-state index contributed by atoms with van der Waals surface area (Å²) < 4.78 is 36.1. The molecule has 2 amide bonds. The van der Waals surface area contributed by atoms with E-state index in [-0.39, 0.29) is 22.9 Å². The maximum absolute atomic E-state index is 13.2. The first-order chi connectivity index (χ1) is 16.6. The maximum Gasteiger partial charge on any atom is 0.414 e. The number of anilines is 2. The van der Waals surface area contributed by atoms with E-state index in [2.05, 4.69) is 0 Å². The Morgan fingerprint density at radius 1 is 1.00 bits per heavy atom. The van der Waals surface area contributed by atoms with Gasteiger partial charge in [0.05, 0.1) is 40.8 Å². The minimum Gasteiger partial charge on any atom is -0.446 e. The van der Waals surface area contributed by atoms with Crippen LogP contribution in [-0.2, 0) is 24.1 Å². The Morgan fingerprint density at radius 2 is 1.63 bits per heavy atom. The predicted molar refractivity (Wildman–Crippen MR) is 134 cm³/mol. The summed E-state index contributed by atoms with van der Waals surface area (Å²) >= 11 is 0. The molecule has 1 saturated heterocycles. The summed E-state index contributed by atoms with van der Waals surface area (Å²) in [5.41, 5.74) is 2.84. The molecule has 2 heterocycles. The molecule has 2 aromatic rings. The lowest BCUT2D eigenvalue weighted by Gasteiger charge is -2.41. The summed E-state index contributed by atoms with van der Waals surface area (Å²) in [6.07, 6.45) is 0.684. The second-order valence-electron chi connectivity index (χ2n) is 9.37. The van der Waals surface area contributed by atoms with Gasteiger partial charge in [-0.15, -0.1) is 0 Å².